The standard InChI is InChI=1S/C19H21N7O5S2/c1-25-19(22-23-24-25)33-8-11-7-32-17-13(16(29)26(17)14(11)18(30)31)21-15(28)12(20)10-4-2-9(6-27)3-5-10/h2-5,12-13,17,27H,6-8,20H2,1H3,(H,21,28)(H,30,31)/t12?,13?,17-/m1/s1. The SMILES string of the molecule is Cn1nnnc1SCC1=C(C(=O)O)N2C(=O)C(NC(=O)C(N)c3ccc(CO)cc3)[C@H]2SC1. The summed E-state index contributed by atoms with van der Waals surface area (Å²) in [4.78, 5) is 38.6. The molecule has 3 heterocycles. The van der Waals surface area contributed by atoms with Gasteiger partial charge in [0.05, 0.1) is 6.61 Å². The van der Waals surface area contributed by atoms with E-state index in [1.807, 2.05) is 0 Å². The molecule has 174 valence electrons. The van der Waals surface area contributed by atoms with Gasteiger partial charge in [0.2, 0.25) is 11.1 Å². The summed E-state index contributed by atoms with van der Waals surface area (Å²) in [5.74, 6) is -1.54. The molecule has 0 aliphatic carbocycles. The van der Waals surface area contributed by atoms with Crippen molar-refractivity contribution in [3.63, 3.8) is 0 Å². The predicted molar refractivity (Wildman–Crippen MR) is 118 cm³/mol. The maximum atomic E-state index is 12.8. The smallest absolute Gasteiger partial charge is 0.352 e. The minimum absolute atomic E-state index is 0.0687. The van der Waals surface area contributed by atoms with Crippen molar-refractivity contribution in [3.05, 3.63) is 46.7 Å². The number of hydrogen-bond acceptors (Lipinski definition) is 10. The van der Waals surface area contributed by atoms with E-state index in [9.17, 15) is 19.5 Å². The molecule has 2 amide bonds. The second kappa shape index (κ2) is 9.51. The van der Waals surface area contributed by atoms with Crippen LogP contribution in [0.5, 0.6) is 0 Å². The number of hydrogen-bond donors (Lipinski definition) is 4. The first-order chi connectivity index (χ1) is 15.8. The van der Waals surface area contributed by atoms with E-state index in [0.717, 1.165) is 0 Å². The molecule has 33 heavy (non-hydrogen) atoms. The Bertz CT molecular complexity index is 1120. The maximum absolute atomic E-state index is 12.8. The van der Waals surface area contributed by atoms with Crippen molar-refractivity contribution in [2.24, 2.45) is 12.8 Å². The fraction of sp³-hybridized carbons (Fsp3) is 0.368. The number of rotatable bonds is 8. The van der Waals surface area contributed by atoms with Crippen LogP contribution in [0, 0.1) is 0 Å². The van der Waals surface area contributed by atoms with Crippen LogP contribution in [0.15, 0.2) is 40.7 Å². The topological polar surface area (TPSA) is 177 Å². The molecular weight excluding hydrogens is 470 g/mol. The van der Waals surface area contributed by atoms with Gasteiger partial charge in [-0.15, -0.1) is 16.9 Å². The molecule has 0 spiro atoms. The number of aryl methyl sites for hydroxylation is 1. The number of benzene rings is 1. The van der Waals surface area contributed by atoms with Crippen LogP contribution in [-0.2, 0) is 28.0 Å². The number of β-lactam (4-membered cyclic amide) rings is 1. The van der Waals surface area contributed by atoms with E-state index in [1.54, 1.807) is 31.3 Å². The number of aliphatic hydroxyl groups is 1. The number of thioether (sulfide) groups is 2. The van der Waals surface area contributed by atoms with Crippen molar-refractivity contribution >= 4 is 41.3 Å². The van der Waals surface area contributed by atoms with Crippen LogP contribution in [0.4, 0.5) is 0 Å². The summed E-state index contributed by atoms with van der Waals surface area (Å²) in [5, 5.41) is 32.7. The Balaban J connectivity index is 1.44. The molecule has 0 bridgehead atoms. The number of carboxylic acid groups (broad SMARTS) is 1. The van der Waals surface area contributed by atoms with Gasteiger partial charge in [-0.1, -0.05) is 36.0 Å². The van der Waals surface area contributed by atoms with Gasteiger partial charge in [-0.25, -0.2) is 9.48 Å². The average Bonchev–Trinajstić information content (AvgIpc) is 3.24. The molecule has 0 radical (unpaired) electrons. The first-order valence-electron chi connectivity index (χ1n) is 9.82. The number of aliphatic carboxylic acids is 1. The summed E-state index contributed by atoms with van der Waals surface area (Å²) in [5.41, 5.74) is 7.77. The van der Waals surface area contributed by atoms with Crippen molar-refractivity contribution in [3.8, 4) is 0 Å². The Morgan fingerprint density at radius 2 is 2.09 bits per heavy atom. The summed E-state index contributed by atoms with van der Waals surface area (Å²) < 4.78 is 1.48. The molecule has 0 saturated carbocycles. The van der Waals surface area contributed by atoms with E-state index in [1.165, 1.54) is 33.1 Å². The number of carbonyl (C=O) groups excluding carboxylic acids is 2. The Kier molecular flexibility index (Phi) is 6.69. The fourth-order valence-electron chi connectivity index (χ4n) is 3.51. The van der Waals surface area contributed by atoms with Gasteiger partial charge < -0.3 is 21.3 Å². The first kappa shape index (κ1) is 23.2. The molecule has 2 aliphatic heterocycles. The van der Waals surface area contributed by atoms with Crippen LogP contribution >= 0.6 is 23.5 Å². The zero-order valence-corrected chi connectivity index (χ0v) is 19.0. The maximum Gasteiger partial charge on any atom is 0.352 e. The second-order valence-corrected chi connectivity index (χ2v) is 9.45. The summed E-state index contributed by atoms with van der Waals surface area (Å²) in [6.07, 6.45) is 0. The molecule has 1 saturated heterocycles. The third-order valence-corrected chi connectivity index (χ3v) is 7.74. The zero-order valence-electron chi connectivity index (χ0n) is 17.4. The number of nitrogens with two attached hydrogens (primary N) is 1. The van der Waals surface area contributed by atoms with Crippen LogP contribution in [0.3, 0.4) is 0 Å². The number of fused-ring (bicyclic) bond motifs is 1. The number of carboxylic acids is 1. The largest absolute Gasteiger partial charge is 0.477 e. The molecule has 12 nitrogen and oxygen atoms in total. The highest BCUT2D eigenvalue weighted by Gasteiger charge is 2.54. The molecule has 2 aromatic rings. The van der Waals surface area contributed by atoms with E-state index in [2.05, 4.69) is 20.8 Å². The molecule has 2 aliphatic rings. The zero-order chi connectivity index (χ0) is 23.7. The number of nitrogens with one attached hydrogen (secondary N) is 1. The molecule has 5 N–H and O–H groups in total. The Morgan fingerprint density at radius 1 is 1.36 bits per heavy atom. The number of aliphatic hydroxyl groups excluding tert-OH is 1. The molecule has 1 aromatic carbocycles. The van der Waals surface area contributed by atoms with Crippen LogP contribution in [-0.4, -0.2) is 76.0 Å². The molecular formula is C19H21N7O5S2. The molecule has 4 rings (SSSR count). The Labute approximate surface area is 196 Å². The molecule has 1 aromatic heterocycles. The lowest BCUT2D eigenvalue weighted by molar-refractivity contribution is -0.150. The number of amides is 2. The lowest BCUT2D eigenvalue weighted by atomic mass is 10.0. The fourth-order valence-corrected chi connectivity index (χ4v) is 5.85. The predicted octanol–water partition coefficient (Wildman–Crippen LogP) is -0.767. The lowest BCUT2D eigenvalue weighted by Gasteiger charge is -2.49. The normalized spacial score (nSPS) is 20.8. The van der Waals surface area contributed by atoms with E-state index >= 15 is 0 Å². The van der Waals surface area contributed by atoms with Crippen molar-refractivity contribution < 1.29 is 24.6 Å². The van der Waals surface area contributed by atoms with E-state index in [4.69, 9.17) is 10.8 Å². The summed E-state index contributed by atoms with van der Waals surface area (Å²) in [7, 11) is 1.68. The van der Waals surface area contributed by atoms with Gasteiger partial charge in [0.1, 0.15) is 23.2 Å². The van der Waals surface area contributed by atoms with Gasteiger partial charge in [0, 0.05) is 18.6 Å². The van der Waals surface area contributed by atoms with Crippen molar-refractivity contribution in [1.82, 2.24) is 30.4 Å². The monoisotopic (exact) mass is 491 g/mol. The lowest BCUT2D eigenvalue weighted by Crippen LogP contribution is -2.71. The summed E-state index contributed by atoms with van der Waals surface area (Å²) in [6.45, 7) is -0.123. The average molecular weight is 492 g/mol. The van der Waals surface area contributed by atoms with Crippen molar-refractivity contribution in [2.75, 3.05) is 11.5 Å². The van der Waals surface area contributed by atoms with E-state index < -0.39 is 35.2 Å². The molecule has 14 heteroatoms. The van der Waals surface area contributed by atoms with Gasteiger partial charge in [-0.05, 0) is 27.1 Å². The Morgan fingerprint density at radius 3 is 2.70 bits per heavy atom. The number of tetrazole rings is 1. The summed E-state index contributed by atoms with van der Waals surface area (Å²) >= 11 is 2.66. The van der Waals surface area contributed by atoms with E-state index in [0.29, 0.717) is 33.4 Å². The highest BCUT2D eigenvalue weighted by molar-refractivity contribution is 8.01. The molecule has 1 fully saturated rings. The van der Waals surface area contributed by atoms with Gasteiger partial charge in [0.15, 0.2) is 0 Å². The van der Waals surface area contributed by atoms with Crippen molar-refractivity contribution in [2.45, 2.75) is 29.2 Å². The van der Waals surface area contributed by atoms with Gasteiger partial charge in [-0.2, -0.15) is 0 Å². The first-order valence-corrected chi connectivity index (χ1v) is 11.9. The number of carbonyl (C=O) groups is 3. The van der Waals surface area contributed by atoms with E-state index in [-0.39, 0.29) is 12.3 Å². The van der Waals surface area contributed by atoms with Crippen LogP contribution < -0.4 is 11.1 Å². The summed E-state index contributed by atoms with van der Waals surface area (Å²) in [6, 6.07) is 4.74. The third kappa shape index (κ3) is 4.46. The number of aromatic nitrogens is 4. The number of nitrogens with zero attached hydrogens (tertiary/aromatic N) is 5. The highest BCUT2D eigenvalue weighted by Crippen LogP contribution is 2.41. The quantitative estimate of drug-likeness (QED) is 0.269. The minimum atomic E-state index is -1.20. The van der Waals surface area contributed by atoms with Crippen molar-refractivity contribution in [1.29, 1.82) is 0 Å². The van der Waals surface area contributed by atoms with Crippen LogP contribution in [0.2, 0.25) is 0 Å². The highest BCUT2D eigenvalue weighted by atomic mass is 32.2. The van der Waals surface area contributed by atoms with Crippen LogP contribution in [0.1, 0.15) is 17.2 Å². The van der Waals surface area contributed by atoms with Gasteiger partial charge >= 0.3 is 5.97 Å². The van der Waals surface area contributed by atoms with Gasteiger partial charge in [0.25, 0.3) is 5.91 Å². The second-order valence-electron chi connectivity index (χ2n) is 7.40. The molecule has 2 unspecified atom stereocenters. The third-order valence-electron chi connectivity index (χ3n) is 5.31. The minimum Gasteiger partial charge on any atom is -0.477 e. The van der Waals surface area contributed by atoms with Gasteiger partial charge in [-0.3, -0.25) is 14.5 Å². The van der Waals surface area contributed by atoms with Crippen LogP contribution in [0.25, 0.3) is 0 Å². The molecule has 3 atom stereocenters. The Hall–Kier alpha value is -2.94.